The Morgan fingerprint density at radius 3 is 2.75 bits per heavy atom. The van der Waals surface area contributed by atoms with Crippen molar-refractivity contribution < 1.29 is 4.39 Å². The third-order valence-corrected chi connectivity index (χ3v) is 4.22. The summed E-state index contributed by atoms with van der Waals surface area (Å²) in [5.74, 6) is -0.171. The van der Waals surface area contributed by atoms with Gasteiger partial charge in [0.15, 0.2) is 0 Å². The molecule has 0 radical (unpaired) electrons. The van der Waals surface area contributed by atoms with Crippen LogP contribution in [0.1, 0.15) is 31.5 Å². The topological polar surface area (TPSA) is 17.8 Å². The van der Waals surface area contributed by atoms with Crippen LogP contribution in [0.15, 0.2) is 35.8 Å². The minimum atomic E-state index is -0.171. The molecule has 3 rings (SSSR count). The van der Waals surface area contributed by atoms with Crippen LogP contribution in [0.5, 0.6) is 0 Å². The molecule has 0 aliphatic rings. The van der Waals surface area contributed by atoms with Crippen molar-refractivity contribution >= 4 is 22.2 Å². The summed E-state index contributed by atoms with van der Waals surface area (Å²) < 4.78 is 15.7. The van der Waals surface area contributed by atoms with Crippen molar-refractivity contribution in [3.05, 3.63) is 52.4 Å². The van der Waals surface area contributed by atoms with Crippen LogP contribution in [0.3, 0.4) is 0 Å². The third-order valence-electron chi connectivity index (χ3n) is 3.39. The Labute approximate surface area is 121 Å². The van der Waals surface area contributed by atoms with Crippen LogP contribution in [0.2, 0.25) is 0 Å². The highest BCUT2D eigenvalue weighted by atomic mass is 32.1. The average molecular weight is 288 g/mol. The number of halogens is 1. The van der Waals surface area contributed by atoms with Crippen LogP contribution >= 0.6 is 11.3 Å². The molecule has 3 aromatic rings. The van der Waals surface area contributed by atoms with Gasteiger partial charge in [-0.25, -0.2) is 9.37 Å². The Morgan fingerprint density at radius 1 is 1.25 bits per heavy atom. The summed E-state index contributed by atoms with van der Waals surface area (Å²) in [5.41, 5.74) is 2.09. The van der Waals surface area contributed by atoms with Gasteiger partial charge in [-0.2, -0.15) is 0 Å². The van der Waals surface area contributed by atoms with Gasteiger partial charge in [0, 0.05) is 22.4 Å². The molecule has 0 amide bonds. The molecule has 20 heavy (non-hydrogen) atoms. The van der Waals surface area contributed by atoms with Gasteiger partial charge in [0.1, 0.15) is 10.8 Å². The van der Waals surface area contributed by atoms with Crippen LogP contribution in [-0.4, -0.2) is 9.55 Å². The molecule has 1 aromatic carbocycles. The van der Waals surface area contributed by atoms with Crippen LogP contribution < -0.4 is 0 Å². The van der Waals surface area contributed by atoms with Gasteiger partial charge >= 0.3 is 0 Å². The van der Waals surface area contributed by atoms with Crippen LogP contribution in [-0.2, 0) is 12.0 Å². The Bertz CT molecular complexity index is 749. The number of thiazole rings is 1. The van der Waals surface area contributed by atoms with Crippen LogP contribution in [0, 0.1) is 5.82 Å². The van der Waals surface area contributed by atoms with Gasteiger partial charge in [0.25, 0.3) is 0 Å². The maximum atomic E-state index is 13.7. The standard InChI is InChI=1S/C16H17FN2S/c1-16(2,3)14-10-20-15(18-14)9-19-8-7-11-12(17)5-4-6-13(11)19/h4-8,10H,9H2,1-3H3. The van der Waals surface area contributed by atoms with Gasteiger partial charge in [-0.3, -0.25) is 0 Å². The second-order valence-electron chi connectivity index (χ2n) is 5.99. The zero-order valence-electron chi connectivity index (χ0n) is 11.9. The summed E-state index contributed by atoms with van der Waals surface area (Å²) >= 11 is 1.66. The number of fused-ring (bicyclic) bond motifs is 1. The highest BCUT2D eigenvalue weighted by Gasteiger charge is 2.17. The van der Waals surface area contributed by atoms with Crippen molar-refractivity contribution in [2.75, 3.05) is 0 Å². The van der Waals surface area contributed by atoms with Crippen molar-refractivity contribution in [2.24, 2.45) is 0 Å². The lowest BCUT2D eigenvalue weighted by Gasteiger charge is -2.14. The normalized spacial score (nSPS) is 12.2. The first kappa shape index (κ1) is 13.3. The molecular weight excluding hydrogens is 271 g/mol. The van der Waals surface area contributed by atoms with Crippen molar-refractivity contribution in [2.45, 2.75) is 32.7 Å². The summed E-state index contributed by atoms with van der Waals surface area (Å²) in [7, 11) is 0. The van der Waals surface area contributed by atoms with Crippen LogP contribution in [0.25, 0.3) is 10.9 Å². The average Bonchev–Trinajstić information content (AvgIpc) is 2.98. The van der Waals surface area contributed by atoms with E-state index in [1.165, 1.54) is 6.07 Å². The van der Waals surface area contributed by atoms with E-state index in [4.69, 9.17) is 0 Å². The summed E-state index contributed by atoms with van der Waals surface area (Å²) in [6.45, 7) is 7.17. The smallest absolute Gasteiger partial charge is 0.132 e. The van der Waals surface area contributed by atoms with E-state index in [0.717, 1.165) is 16.2 Å². The predicted octanol–water partition coefficient (Wildman–Crippen LogP) is 4.58. The summed E-state index contributed by atoms with van der Waals surface area (Å²) in [5, 5.41) is 3.83. The molecule has 0 bridgehead atoms. The Kier molecular flexibility index (Phi) is 3.13. The van der Waals surface area contributed by atoms with Crippen molar-refractivity contribution in [3.63, 3.8) is 0 Å². The van der Waals surface area contributed by atoms with E-state index in [0.29, 0.717) is 11.9 Å². The number of hydrogen-bond acceptors (Lipinski definition) is 2. The molecule has 0 saturated carbocycles. The molecule has 0 spiro atoms. The first-order chi connectivity index (χ1) is 9.45. The lowest BCUT2D eigenvalue weighted by molar-refractivity contribution is 0.570. The number of hydrogen-bond donors (Lipinski definition) is 0. The van der Waals surface area contributed by atoms with E-state index in [9.17, 15) is 4.39 Å². The Hall–Kier alpha value is -1.68. The highest BCUT2D eigenvalue weighted by Crippen LogP contribution is 2.25. The molecule has 0 unspecified atom stereocenters. The molecule has 0 fully saturated rings. The third kappa shape index (κ3) is 2.36. The maximum Gasteiger partial charge on any atom is 0.132 e. The summed E-state index contributed by atoms with van der Waals surface area (Å²) in [6.07, 6.45) is 1.92. The quantitative estimate of drug-likeness (QED) is 0.674. The van der Waals surface area contributed by atoms with Gasteiger partial charge in [0.2, 0.25) is 0 Å². The Morgan fingerprint density at radius 2 is 2.05 bits per heavy atom. The lowest BCUT2D eigenvalue weighted by atomic mass is 9.93. The fraction of sp³-hybridized carbons (Fsp3) is 0.312. The zero-order valence-corrected chi connectivity index (χ0v) is 12.7. The van der Waals surface area contributed by atoms with Gasteiger partial charge in [-0.05, 0) is 18.2 Å². The monoisotopic (exact) mass is 288 g/mol. The van der Waals surface area contributed by atoms with Gasteiger partial charge in [-0.15, -0.1) is 11.3 Å². The molecule has 2 aromatic heterocycles. The number of nitrogens with zero attached hydrogens (tertiary/aromatic N) is 2. The molecule has 0 N–H and O–H groups in total. The molecule has 104 valence electrons. The lowest BCUT2D eigenvalue weighted by Crippen LogP contribution is -2.11. The Balaban J connectivity index is 1.94. The summed E-state index contributed by atoms with van der Waals surface area (Å²) in [4.78, 5) is 4.69. The minimum absolute atomic E-state index is 0.0691. The largest absolute Gasteiger partial charge is 0.341 e. The van der Waals surface area contributed by atoms with E-state index in [2.05, 4.69) is 31.1 Å². The predicted molar refractivity (Wildman–Crippen MR) is 81.8 cm³/mol. The van der Waals surface area contributed by atoms with Gasteiger partial charge < -0.3 is 4.57 Å². The fourth-order valence-electron chi connectivity index (χ4n) is 2.20. The molecular formula is C16H17FN2S. The number of benzene rings is 1. The number of rotatable bonds is 2. The van der Waals surface area contributed by atoms with E-state index < -0.39 is 0 Å². The van der Waals surface area contributed by atoms with E-state index in [1.807, 2.05) is 22.9 Å². The second-order valence-corrected chi connectivity index (χ2v) is 6.94. The molecule has 2 heterocycles. The fourth-order valence-corrected chi connectivity index (χ4v) is 3.22. The van der Waals surface area contributed by atoms with E-state index in [1.54, 1.807) is 17.4 Å². The number of aromatic nitrogens is 2. The molecule has 4 heteroatoms. The maximum absolute atomic E-state index is 13.7. The first-order valence-corrected chi connectivity index (χ1v) is 7.51. The first-order valence-electron chi connectivity index (χ1n) is 6.63. The molecule has 0 saturated heterocycles. The zero-order chi connectivity index (χ0) is 14.3. The van der Waals surface area contributed by atoms with Gasteiger partial charge in [0.05, 0.1) is 17.8 Å². The van der Waals surface area contributed by atoms with E-state index >= 15 is 0 Å². The van der Waals surface area contributed by atoms with Crippen molar-refractivity contribution in [1.82, 2.24) is 9.55 Å². The van der Waals surface area contributed by atoms with Gasteiger partial charge in [-0.1, -0.05) is 26.8 Å². The SMILES string of the molecule is CC(C)(C)c1csc(Cn2ccc3c(F)cccc32)n1. The van der Waals surface area contributed by atoms with E-state index in [-0.39, 0.29) is 11.2 Å². The molecule has 2 nitrogen and oxygen atoms in total. The van der Waals surface area contributed by atoms with Crippen molar-refractivity contribution in [3.8, 4) is 0 Å². The second kappa shape index (κ2) is 4.70. The summed E-state index contributed by atoms with van der Waals surface area (Å²) in [6, 6.07) is 7.00. The van der Waals surface area contributed by atoms with Crippen LogP contribution in [0.4, 0.5) is 4.39 Å². The van der Waals surface area contributed by atoms with Crippen molar-refractivity contribution in [1.29, 1.82) is 0 Å². The molecule has 0 aliphatic carbocycles. The molecule has 0 aliphatic heterocycles. The molecule has 0 atom stereocenters. The minimum Gasteiger partial charge on any atom is -0.341 e. The highest BCUT2D eigenvalue weighted by molar-refractivity contribution is 7.09.